The second kappa shape index (κ2) is 4.19. The number of rotatable bonds is 2. The lowest BCUT2D eigenvalue weighted by molar-refractivity contribution is 0.320. The fourth-order valence-corrected chi connectivity index (χ4v) is 2.61. The molecule has 2 aromatic heterocycles. The Labute approximate surface area is 119 Å². The van der Waals surface area contributed by atoms with Gasteiger partial charge in [0.15, 0.2) is 5.82 Å². The fraction of sp³-hybridized carbons (Fsp3) is 0.600. The van der Waals surface area contributed by atoms with Crippen LogP contribution in [0.3, 0.4) is 0 Å². The Morgan fingerprint density at radius 2 is 2.05 bits per heavy atom. The molecule has 1 fully saturated rings. The highest BCUT2D eigenvalue weighted by molar-refractivity contribution is 5.71. The van der Waals surface area contributed by atoms with E-state index in [0.717, 1.165) is 36.5 Å². The molecule has 2 aromatic rings. The zero-order valence-electron chi connectivity index (χ0n) is 12.7. The van der Waals surface area contributed by atoms with Gasteiger partial charge in [-0.1, -0.05) is 27.7 Å². The van der Waals surface area contributed by atoms with Crippen molar-refractivity contribution in [1.29, 1.82) is 0 Å². The van der Waals surface area contributed by atoms with Crippen molar-refractivity contribution in [2.45, 2.75) is 45.1 Å². The SMILES string of the molecule is CCC1(N)CN(c2nccn3nc(C(C)(C)C)cc23)C1. The van der Waals surface area contributed by atoms with Gasteiger partial charge in [-0.3, -0.25) is 0 Å². The van der Waals surface area contributed by atoms with Gasteiger partial charge in [0, 0.05) is 30.9 Å². The third-order valence-corrected chi connectivity index (χ3v) is 4.15. The van der Waals surface area contributed by atoms with Crippen molar-refractivity contribution in [2.75, 3.05) is 18.0 Å². The summed E-state index contributed by atoms with van der Waals surface area (Å²) in [5.74, 6) is 0.991. The van der Waals surface area contributed by atoms with Gasteiger partial charge < -0.3 is 10.6 Å². The Bertz CT molecular complexity index is 631. The van der Waals surface area contributed by atoms with Gasteiger partial charge >= 0.3 is 0 Å². The van der Waals surface area contributed by atoms with E-state index in [4.69, 9.17) is 5.73 Å². The summed E-state index contributed by atoms with van der Waals surface area (Å²) in [4.78, 5) is 6.78. The van der Waals surface area contributed by atoms with E-state index in [2.05, 4.69) is 48.7 Å². The minimum atomic E-state index is -0.0542. The number of hydrogen-bond donors (Lipinski definition) is 1. The van der Waals surface area contributed by atoms with Crippen molar-refractivity contribution in [1.82, 2.24) is 14.6 Å². The van der Waals surface area contributed by atoms with Crippen LogP contribution in [-0.4, -0.2) is 33.2 Å². The highest BCUT2D eigenvalue weighted by Crippen LogP contribution is 2.31. The quantitative estimate of drug-likeness (QED) is 0.908. The molecule has 1 saturated heterocycles. The molecule has 5 nitrogen and oxygen atoms in total. The Hall–Kier alpha value is -1.62. The van der Waals surface area contributed by atoms with Gasteiger partial charge in [0.25, 0.3) is 0 Å². The molecule has 5 heteroatoms. The first-order valence-electron chi connectivity index (χ1n) is 7.21. The van der Waals surface area contributed by atoms with E-state index < -0.39 is 0 Å². The molecule has 0 aromatic carbocycles. The molecule has 0 radical (unpaired) electrons. The number of fused-ring (bicyclic) bond motifs is 1. The van der Waals surface area contributed by atoms with Crippen LogP contribution in [0.15, 0.2) is 18.5 Å². The molecule has 0 unspecified atom stereocenters. The highest BCUT2D eigenvalue weighted by Gasteiger charge is 2.39. The predicted molar refractivity (Wildman–Crippen MR) is 81.1 cm³/mol. The minimum Gasteiger partial charge on any atom is -0.351 e. The third-order valence-electron chi connectivity index (χ3n) is 4.15. The van der Waals surface area contributed by atoms with Gasteiger partial charge in [-0.05, 0) is 12.5 Å². The first kappa shape index (κ1) is 13.4. The third kappa shape index (κ3) is 2.06. The molecular weight excluding hydrogens is 250 g/mol. The molecule has 0 atom stereocenters. The molecule has 0 amide bonds. The summed E-state index contributed by atoms with van der Waals surface area (Å²) in [7, 11) is 0. The van der Waals surface area contributed by atoms with E-state index in [1.807, 2.05) is 16.9 Å². The van der Waals surface area contributed by atoms with Crippen molar-refractivity contribution in [3.05, 3.63) is 24.2 Å². The summed E-state index contributed by atoms with van der Waals surface area (Å²) < 4.78 is 1.92. The lowest BCUT2D eigenvalue weighted by Crippen LogP contribution is -2.67. The highest BCUT2D eigenvalue weighted by atomic mass is 15.3. The van der Waals surface area contributed by atoms with Crippen molar-refractivity contribution in [2.24, 2.45) is 5.73 Å². The lowest BCUT2D eigenvalue weighted by atomic mass is 9.88. The minimum absolute atomic E-state index is 0.0410. The van der Waals surface area contributed by atoms with Crippen LogP contribution >= 0.6 is 0 Å². The first-order chi connectivity index (χ1) is 9.32. The van der Waals surface area contributed by atoms with Crippen molar-refractivity contribution in [3.8, 4) is 0 Å². The molecule has 0 saturated carbocycles. The average Bonchev–Trinajstić information content (AvgIpc) is 2.78. The Kier molecular flexibility index (Phi) is 2.80. The topological polar surface area (TPSA) is 59.5 Å². The average molecular weight is 273 g/mol. The molecule has 3 heterocycles. The maximum atomic E-state index is 6.26. The molecule has 20 heavy (non-hydrogen) atoms. The van der Waals surface area contributed by atoms with E-state index in [-0.39, 0.29) is 11.0 Å². The maximum Gasteiger partial charge on any atom is 0.154 e. The number of anilines is 1. The van der Waals surface area contributed by atoms with Gasteiger partial charge in [-0.2, -0.15) is 5.10 Å². The van der Waals surface area contributed by atoms with E-state index in [1.54, 1.807) is 0 Å². The van der Waals surface area contributed by atoms with Gasteiger partial charge in [0.2, 0.25) is 0 Å². The summed E-state index contributed by atoms with van der Waals surface area (Å²) in [5, 5.41) is 4.66. The zero-order chi connectivity index (χ0) is 14.5. The number of nitrogens with two attached hydrogens (primary N) is 1. The van der Waals surface area contributed by atoms with E-state index >= 15 is 0 Å². The summed E-state index contributed by atoms with van der Waals surface area (Å²) in [6.45, 7) is 10.4. The largest absolute Gasteiger partial charge is 0.351 e. The summed E-state index contributed by atoms with van der Waals surface area (Å²) >= 11 is 0. The van der Waals surface area contributed by atoms with Crippen LogP contribution in [0.1, 0.15) is 39.8 Å². The molecule has 0 spiro atoms. The van der Waals surface area contributed by atoms with E-state index in [1.165, 1.54) is 0 Å². The van der Waals surface area contributed by atoms with Crippen molar-refractivity contribution in [3.63, 3.8) is 0 Å². The molecule has 2 N–H and O–H groups in total. The molecule has 1 aliphatic rings. The maximum absolute atomic E-state index is 6.26. The second-order valence-electron chi connectivity index (χ2n) is 6.93. The van der Waals surface area contributed by atoms with Crippen LogP contribution in [0.2, 0.25) is 0 Å². The van der Waals surface area contributed by atoms with Crippen LogP contribution in [0.4, 0.5) is 5.82 Å². The molecular formula is C15H23N5. The van der Waals surface area contributed by atoms with Crippen molar-refractivity contribution < 1.29 is 0 Å². The van der Waals surface area contributed by atoms with Gasteiger partial charge in [-0.15, -0.1) is 0 Å². The summed E-state index contributed by atoms with van der Waals surface area (Å²) in [6.07, 6.45) is 4.72. The second-order valence-corrected chi connectivity index (χ2v) is 6.93. The summed E-state index contributed by atoms with van der Waals surface area (Å²) in [5.41, 5.74) is 8.39. The number of aromatic nitrogens is 3. The first-order valence-corrected chi connectivity index (χ1v) is 7.21. The Balaban J connectivity index is 1.99. The van der Waals surface area contributed by atoms with Crippen LogP contribution in [0.25, 0.3) is 5.52 Å². The predicted octanol–water partition coefficient (Wildman–Crippen LogP) is 1.95. The van der Waals surface area contributed by atoms with Crippen LogP contribution in [-0.2, 0) is 5.41 Å². The normalized spacial score (nSPS) is 18.4. The Morgan fingerprint density at radius 3 is 2.65 bits per heavy atom. The van der Waals surface area contributed by atoms with Gasteiger partial charge in [-0.25, -0.2) is 9.50 Å². The van der Waals surface area contributed by atoms with Gasteiger partial charge in [0.1, 0.15) is 5.52 Å². The molecule has 108 valence electrons. The van der Waals surface area contributed by atoms with Gasteiger partial charge in [0.05, 0.1) is 11.2 Å². The van der Waals surface area contributed by atoms with Crippen molar-refractivity contribution >= 4 is 11.3 Å². The van der Waals surface area contributed by atoms with Crippen LogP contribution in [0.5, 0.6) is 0 Å². The van der Waals surface area contributed by atoms with E-state index in [0.29, 0.717) is 0 Å². The van der Waals surface area contributed by atoms with Crippen LogP contribution in [0, 0.1) is 0 Å². The van der Waals surface area contributed by atoms with E-state index in [9.17, 15) is 0 Å². The molecule has 0 bridgehead atoms. The fourth-order valence-electron chi connectivity index (χ4n) is 2.61. The summed E-state index contributed by atoms with van der Waals surface area (Å²) in [6, 6.07) is 2.14. The van der Waals surface area contributed by atoms with Crippen LogP contribution < -0.4 is 10.6 Å². The number of hydrogen-bond acceptors (Lipinski definition) is 4. The molecule has 3 rings (SSSR count). The zero-order valence-corrected chi connectivity index (χ0v) is 12.7. The lowest BCUT2D eigenvalue weighted by Gasteiger charge is -2.48. The monoisotopic (exact) mass is 273 g/mol. The molecule has 1 aliphatic heterocycles. The molecule has 0 aliphatic carbocycles. The standard InChI is InChI=1S/C15H23N5/c1-5-15(16)9-19(10-15)13-11-8-12(14(2,3)4)18-20(11)7-6-17-13/h6-8H,5,9-10,16H2,1-4H3. The Morgan fingerprint density at radius 1 is 1.35 bits per heavy atom. The smallest absolute Gasteiger partial charge is 0.154 e. The number of nitrogens with zero attached hydrogens (tertiary/aromatic N) is 4.